The summed E-state index contributed by atoms with van der Waals surface area (Å²) in [5, 5.41) is 11.9. The van der Waals surface area contributed by atoms with Gasteiger partial charge in [0.25, 0.3) is 5.69 Å². The number of rotatable bonds is 8. The molecule has 0 spiro atoms. The van der Waals surface area contributed by atoms with Crippen LogP contribution in [0.5, 0.6) is 5.75 Å². The van der Waals surface area contributed by atoms with Crippen LogP contribution >= 0.6 is 11.8 Å². The summed E-state index contributed by atoms with van der Waals surface area (Å²) in [6, 6.07) is 9.47. The van der Waals surface area contributed by atoms with Crippen LogP contribution in [0, 0.1) is 10.1 Å². The highest BCUT2D eigenvalue weighted by Crippen LogP contribution is 2.33. The predicted molar refractivity (Wildman–Crippen MR) is 124 cm³/mol. The molecule has 2 heterocycles. The molecule has 0 radical (unpaired) electrons. The topological polar surface area (TPSA) is 117 Å². The number of hydrogen-bond donors (Lipinski definition) is 0. The fourth-order valence-corrected chi connectivity index (χ4v) is 6.22. The number of morpholine rings is 1. The van der Waals surface area contributed by atoms with Crippen molar-refractivity contribution in [2.45, 2.75) is 29.3 Å². The first-order valence-electron chi connectivity index (χ1n) is 10.4. The lowest BCUT2D eigenvalue weighted by molar-refractivity contribution is -0.384. The van der Waals surface area contributed by atoms with E-state index >= 15 is 0 Å². The predicted octanol–water partition coefficient (Wildman–Crippen LogP) is 3.29. The molecule has 1 aliphatic rings. The van der Waals surface area contributed by atoms with Gasteiger partial charge in [-0.2, -0.15) is 4.31 Å². The van der Waals surface area contributed by atoms with Crippen LogP contribution in [0.3, 0.4) is 0 Å². The van der Waals surface area contributed by atoms with E-state index < -0.39 is 14.9 Å². The Morgan fingerprint density at radius 2 is 1.97 bits per heavy atom. The molecule has 1 aliphatic heterocycles. The third-order valence-electron chi connectivity index (χ3n) is 5.44. The van der Waals surface area contributed by atoms with E-state index in [0.29, 0.717) is 60.6 Å². The van der Waals surface area contributed by atoms with Gasteiger partial charge in [-0.25, -0.2) is 13.4 Å². The number of aromatic nitrogens is 2. The van der Waals surface area contributed by atoms with E-state index in [-0.39, 0.29) is 10.6 Å². The molecular weight excluding hydrogens is 468 g/mol. The van der Waals surface area contributed by atoms with Crippen LogP contribution < -0.4 is 4.74 Å². The quantitative estimate of drug-likeness (QED) is 0.267. The highest BCUT2D eigenvalue weighted by Gasteiger charge is 2.27. The molecule has 0 bridgehead atoms. The van der Waals surface area contributed by atoms with Gasteiger partial charge >= 0.3 is 0 Å². The van der Waals surface area contributed by atoms with Gasteiger partial charge in [0.2, 0.25) is 10.0 Å². The smallest absolute Gasteiger partial charge is 0.270 e. The maximum atomic E-state index is 13.0. The summed E-state index contributed by atoms with van der Waals surface area (Å²) >= 11 is 1.41. The molecule has 33 heavy (non-hydrogen) atoms. The zero-order valence-electron chi connectivity index (χ0n) is 18.3. The summed E-state index contributed by atoms with van der Waals surface area (Å²) in [5.41, 5.74) is 2.09. The number of nitro groups is 1. The van der Waals surface area contributed by atoms with Gasteiger partial charge in [0.15, 0.2) is 5.16 Å². The molecule has 176 valence electrons. The van der Waals surface area contributed by atoms with Gasteiger partial charge in [0.1, 0.15) is 5.75 Å². The van der Waals surface area contributed by atoms with Crippen LogP contribution in [0.15, 0.2) is 46.5 Å². The average Bonchev–Trinajstić information content (AvgIpc) is 3.19. The Kier molecular flexibility index (Phi) is 6.88. The lowest BCUT2D eigenvalue weighted by atomic mass is 10.2. The molecule has 0 atom stereocenters. The number of thioether (sulfide) groups is 1. The fourth-order valence-electron chi connectivity index (χ4n) is 3.73. The molecule has 1 saturated heterocycles. The van der Waals surface area contributed by atoms with Crippen LogP contribution in [-0.2, 0) is 27.1 Å². The second-order valence-corrected chi connectivity index (χ2v) is 10.2. The maximum Gasteiger partial charge on any atom is 0.270 e. The van der Waals surface area contributed by atoms with Crippen molar-refractivity contribution in [1.82, 2.24) is 13.9 Å². The normalized spacial score (nSPS) is 15.1. The standard InChI is InChI=1S/C21H24N4O6S2/c1-3-24-19-6-5-17(33(28,29)23-8-10-31-11-9-23)13-18(19)22-21(24)32-14-15-12-16(25(26)27)4-7-20(15)30-2/h4-7,12-13H,3,8-11,14H2,1-2H3. The first kappa shape index (κ1) is 23.5. The van der Waals surface area contributed by atoms with E-state index in [4.69, 9.17) is 9.47 Å². The Labute approximate surface area is 195 Å². The summed E-state index contributed by atoms with van der Waals surface area (Å²) in [5.74, 6) is 0.971. The summed E-state index contributed by atoms with van der Waals surface area (Å²) in [6.45, 7) is 4.05. The Morgan fingerprint density at radius 1 is 1.21 bits per heavy atom. The van der Waals surface area contributed by atoms with Gasteiger partial charge in [0, 0.05) is 43.1 Å². The van der Waals surface area contributed by atoms with Crippen LogP contribution in [-0.4, -0.2) is 60.6 Å². The van der Waals surface area contributed by atoms with Gasteiger partial charge in [-0.05, 0) is 31.2 Å². The summed E-state index contributed by atoms with van der Waals surface area (Å²) in [6.07, 6.45) is 0. The molecule has 1 aromatic heterocycles. The molecule has 12 heteroatoms. The lowest BCUT2D eigenvalue weighted by Gasteiger charge is -2.26. The highest BCUT2D eigenvalue weighted by atomic mass is 32.2. The summed E-state index contributed by atoms with van der Waals surface area (Å²) in [4.78, 5) is 15.6. The van der Waals surface area contributed by atoms with Crippen molar-refractivity contribution in [3.8, 4) is 5.75 Å². The van der Waals surface area contributed by atoms with Gasteiger partial charge < -0.3 is 14.0 Å². The van der Waals surface area contributed by atoms with Crippen molar-refractivity contribution in [2.75, 3.05) is 33.4 Å². The van der Waals surface area contributed by atoms with Crippen molar-refractivity contribution in [1.29, 1.82) is 0 Å². The van der Waals surface area contributed by atoms with Crippen LogP contribution in [0.25, 0.3) is 11.0 Å². The number of nitro benzene ring substituents is 1. The van der Waals surface area contributed by atoms with E-state index in [1.165, 1.54) is 35.3 Å². The van der Waals surface area contributed by atoms with Gasteiger partial charge in [0.05, 0.1) is 41.2 Å². The third kappa shape index (κ3) is 4.69. The Balaban J connectivity index is 1.64. The molecule has 0 N–H and O–H groups in total. The Hall–Kier alpha value is -2.67. The monoisotopic (exact) mass is 492 g/mol. The number of sulfonamides is 1. The second-order valence-electron chi connectivity index (χ2n) is 7.35. The lowest BCUT2D eigenvalue weighted by Crippen LogP contribution is -2.40. The van der Waals surface area contributed by atoms with E-state index in [9.17, 15) is 18.5 Å². The number of benzene rings is 2. The maximum absolute atomic E-state index is 13.0. The SMILES string of the molecule is CCn1c(SCc2cc([N+](=O)[O-])ccc2OC)nc2cc(S(=O)(=O)N3CCOCC3)ccc21. The summed E-state index contributed by atoms with van der Waals surface area (Å²) < 4.78 is 40.1. The zero-order chi connectivity index (χ0) is 23.6. The molecular formula is C21H24N4O6S2. The van der Waals surface area contributed by atoms with E-state index in [0.717, 1.165) is 5.52 Å². The minimum Gasteiger partial charge on any atom is -0.496 e. The molecule has 2 aromatic carbocycles. The highest BCUT2D eigenvalue weighted by molar-refractivity contribution is 7.98. The zero-order valence-corrected chi connectivity index (χ0v) is 19.9. The van der Waals surface area contributed by atoms with Gasteiger partial charge in [-0.3, -0.25) is 10.1 Å². The molecule has 0 amide bonds. The summed E-state index contributed by atoms with van der Waals surface area (Å²) in [7, 11) is -2.10. The van der Waals surface area contributed by atoms with E-state index in [2.05, 4.69) is 4.98 Å². The second kappa shape index (κ2) is 9.67. The van der Waals surface area contributed by atoms with Crippen molar-refractivity contribution in [2.24, 2.45) is 0 Å². The molecule has 4 rings (SSSR count). The van der Waals surface area contributed by atoms with Crippen molar-refractivity contribution < 1.29 is 22.8 Å². The number of ether oxygens (including phenoxy) is 2. The largest absolute Gasteiger partial charge is 0.496 e. The number of fused-ring (bicyclic) bond motifs is 1. The van der Waals surface area contributed by atoms with Crippen molar-refractivity contribution >= 4 is 38.5 Å². The van der Waals surface area contributed by atoms with Crippen molar-refractivity contribution in [3.63, 3.8) is 0 Å². The van der Waals surface area contributed by atoms with Gasteiger partial charge in [-0.15, -0.1) is 0 Å². The van der Waals surface area contributed by atoms with Crippen LogP contribution in [0.2, 0.25) is 0 Å². The molecule has 0 saturated carbocycles. The first-order valence-corrected chi connectivity index (χ1v) is 12.8. The number of methoxy groups -OCH3 is 1. The molecule has 3 aromatic rings. The van der Waals surface area contributed by atoms with E-state index in [1.54, 1.807) is 24.3 Å². The van der Waals surface area contributed by atoms with Crippen LogP contribution in [0.4, 0.5) is 5.69 Å². The molecule has 0 unspecified atom stereocenters. The van der Waals surface area contributed by atoms with Gasteiger partial charge in [-0.1, -0.05) is 11.8 Å². The minimum atomic E-state index is -3.62. The fraction of sp³-hybridized carbons (Fsp3) is 0.381. The van der Waals surface area contributed by atoms with E-state index in [1.807, 2.05) is 11.5 Å². The number of imidazole rings is 1. The number of hydrogen-bond acceptors (Lipinski definition) is 8. The number of nitrogens with zero attached hydrogens (tertiary/aromatic N) is 4. The Bertz CT molecular complexity index is 1290. The molecule has 10 nitrogen and oxygen atoms in total. The molecule has 0 aliphatic carbocycles. The van der Waals surface area contributed by atoms with Crippen LogP contribution in [0.1, 0.15) is 12.5 Å². The number of aryl methyl sites for hydroxylation is 1. The Morgan fingerprint density at radius 3 is 2.64 bits per heavy atom. The van der Waals surface area contributed by atoms with Crippen molar-refractivity contribution in [3.05, 3.63) is 52.1 Å². The molecule has 1 fully saturated rings. The third-order valence-corrected chi connectivity index (χ3v) is 8.36. The first-order chi connectivity index (χ1) is 15.8. The number of non-ortho nitro benzene ring substituents is 1. The minimum absolute atomic E-state index is 0.00615. The average molecular weight is 493 g/mol.